The van der Waals surface area contributed by atoms with Crippen LogP contribution in [0.25, 0.3) is 5.57 Å². The summed E-state index contributed by atoms with van der Waals surface area (Å²) in [7, 11) is 0. The van der Waals surface area contributed by atoms with Crippen LogP contribution in [0.3, 0.4) is 0 Å². The predicted molar refractivity (Wildman–Crippen MR) is 142 cm³/mol. The van der Waals surface area contributed by atoms with Gasteiger partial charge in [-0.05, 0) is 50.6 Å². The van der Waals surface area contributed by atoms with Crippen LogP contribution in [0.15, 0.2) is 118 Å². The van der Waals surface area contributed by atoms with Crippen LogP contribution in [0.4, 0.5) is 0 Å². The van der Waals surface area contributed by atoms with Gasteiger partial charge in [-0.1, -0.05) is 104 Å². The van der Waals surface area contributed by atoms with Gasteiger partial charge in [0.25, 0.3) is 0 Å². The average molecular weight is 423 g/mol. The Bertz CT molecular complexity index is 1070. The van der Waals surface area contributed by atoms with Gasteiger partial charge in [-0.2, -0.15) is 0 Å². The van der Waals surface area contributed by atoms with Crippen LogP contribution >= 0.6 is 0 Å². The average Bonchev–Trinajstić information content (AvgIpc) is 2.80. The monoisotopic (exact) mass is 422 g/mol. The summed E-state index contributed by atoms with van der Waals surface area (Å²) in [6, 6.07) is 18.7. The second-order valence-corrected chi connectivity index (χ2v) is 7.86. The normalized spacial score (nSPS) is 12.3. The second-order valence-electron chi connectivity index (χ2n) is 7.86. The zero-order chi connectivity index (χ0) is 23.5. The minimum absolute atomic E-state index is 0.585. The first-order valence-electron chi connectivity index (χ1n) is 10.9. The van der Waals surface area contributed by atoms with Crippen molar-refractivity contribution in [2.24, 2.45) is 9.98 Å². The Morgan fingerprint density at radius 1 is 0.938 bits per heavy atom. The van der Waals surface area contributed by atoms with Crippen LogP contribution in [0, 0.1) is 0 Å². The van der Waals surface area contributed by atoms with E-state index in [0.29, 0.717) is 6.54 Å². The summed E-state index contributed by atoms with van der Waals surface area (Å²) in [5.41, 5.74) is 9.54. The van der Waals surface area contributed by atoms with E-state index < -0.39 is 0 Å². The van der Waals surface area contributed by atoms with Crippen LogP contribution in [-0.2, 0) is 6.54 Å². The Kier molecular flexibility index (Phi) is 9.56. The van der Waals surface area contributed by atoms with Gasteiger partial charge in [0.2, 0.25) is 0 Å². The number of hydrogen-bond donors (Lipinski definition) is 0. The molecular weight excluding hydrogens is 388 g/mol. The quantitative estimate of drug-likeness (QED) is 0.272. The van der Waals surface area contributed by atoms with E-state index in [1.165, 1.54) is 5.57 Å². The van der Waals surface area contributed by atoms with E-state index >= 15 is 0 Å². The van der Waals surface area contributed by atoms with E-state index in [9.17, 15) is 0 Å². The number of allylic oxidation sites excluding steroid dienone is 6. The molecule has 0 amide bonds. The molecule has 0 aliphatic carbocycles. The van der Waals surface area contributed by atoms with Crippen molar-refractivity contribution in [1.82, 2.24) is 0 Å². The molecule has 2 heteroatoms. The topological polar surface area (TPSA) is 24.7 Å². The zero-order valence-corrected chi connectivity index (χ0v) is 19.9. The molecule has 0 radical (unpaired) electrons. The minimum Gasteiger partial charge on any atom is -0.280 e. The molecule has 0 heterocycles. The van der Waals surface area contributed by atoms with Gasteiger partial charge in [0, 0.05) is 11.1 Å². The highest BCUT2D eigenvalue weighted by atomic mass is 14.8. The molecule has 0 aromatic heterocycles. The molecule has 0 aliphatic heterocycles. The molecule has 0 N–H and O–H groups in total. The Morgan fingerprint density at radius 3 is 2.09 bits per heavy atom. The SMILES string of the molecule is C=C/C=C\C(=C(C)C)/C(N=C)=C(\CC)C(=NCc1ccc(C(=C)C)cc1)c1ccccc1. The van der Waals surface area contributed by atoms with E-state index in [0.717, 1.165) is 51.2 Å². The number of rotatable bonds is 10. The zero-order valence-electron chi connectivity index (χ0n) is 19.9. The highest BCUT2D eigenvalue weighted by molar-refractivity contribution is 6.13. The molecule has 2 rings (SSSR count). The van der Waals surface area contributed by atoms with Crippen LogP contribution in [0.2, 0.25) is 0 Å². The first kappa shape index (κ1) is 24.7. The van der Waals surface area contributed by atoms with Gasteiger partial charge in [-0.3, -0.25) is 9.98 Å². The highest BCUT2D eigenvalue weighted by Gasteiger charge is 2.16. The fourth-order valence-corrected chi connectivity index (χ4v) is 3.46. The molecule has 0 aliphatic rings. The molecule has 0 saturated carbocycles. The molecule has 0 fully saturated rings. The van der Waals surface area contributed by atoms with Crippen molar-refractivity contribution in [1.29, 1.82) is 0 Å². The Labute approximate surface area is 193 Å². The second kappa shape index (κ2) is 12.4. The molecule has 0 spiro atoms. The van der Waals surface area contributed by atoms with Crippen LogP contribution in [0.5, 0.6) is 0 Å². The lowest BCUT2D eigenvalue weighted by Crippen LogP contribution is -2.09. The van der Waals surface area contributed by atoms with Gasteiger partial charge < -0.3 is 0 Å². The maximum atomic E-state index is 5.08. The van der Waals surface area contributed by atoms with E-state index in [-0.39, 0.29) is 0 Å². The lowest BCUT2D eigenvalue weighted by molar-refractivity contribution is 1.04. The van der Waals surface area contributed by atoms with Crippen molar-refractivity contribution in [2.75, 3.05) is 0 Å². The van der Waals surface area contributed by atoms with E-state index in [4.69, 9.17) is 4.99 Å². The molecular formula is C30H34N2. The van der Waals surface area contributed by atoms with Gasteiger partial charge in [-0.15, -0.1) is 0 Å². The van der Waals surface area contributed by atoms with Crippen molar-refractivity contribution in [3.05, 3.63) is 125 Å². The minimum atomic E-state index is 0.585. The number of hydrogen-bond acceptors (Lipinski definition) is 2. The van der Waals surface area contributed by atoms with Crippen LogP contribution in [-0.4, -0.2) is 12.4 Å². The first-order valence-corrected chi connectivity index (χ1v) is 10.9. The summed E-state index contributed by atoms with van der Waals surface area (Å²) in [5, 5.41) is 0. The first-order chi connectivity index (χ1) is 15.4. The van der Waals surface area contributed by atoms with Crippen LogP contribution in [0.1, 0.15) is 50.8 Å². The highest BCUT2D eigenvalue weighted by Crippen LogP contribution is 2.27. The fourth-order valence-electron chi connectivity index (χ4n) is 3.46. The van der Waals surface area contributed by atoms with Crippen molar-refractivity contribution in [3.8, 4) is 0 Å². The molecule has 0 bridgehead atoms. The third-order valence-electron chi connectivity index (χ3n) is 5.19. The third-order valence-corrected chi connectivity index (χ3v) is 5.19. The summed E-state index contributed by atoms with van der Waals surface area (Å²) in [6.45, 7) is 20.6. The van der Waals surface area contributed by atoms with Crippen molar-refractivity contribution in [2.45, 2.75) is 40.7 Å². The van der Waals surface area contributed by atoms with Gasteiger partial charge in [0.15, 0.2) is 0 Å². The molecule has 0 saturated heterocycles. The number of aliphatic imine (C=N–C) groups is 2. The molecule has 2 aromatic rings. The van der Waals surface area contributed by atoms with Gasteiger partial charge in [-0.25, -0.2) is 0 Å². The van der Waals surface area contributed by atoms with Crippen molar-refractivity contribution < 1.29 is 0 Å². The van der Waals surface area contributed by atoms with E-state index in [1.54, 1.807) is 6.08 Å². The summed E-state index contributed by atoms with van der Waals surface area (Å²) in [4.78, 5) is 9.54. The van der Waals surface area contributed by atoms with Gasteiger partial charge in [0.05, 0.1) is 18.0 Å². The Morgan fingerprint density at radius 2 is 1.59 bits per heavy atom. The fraction of sp³-hybridized carbons (Fsp3) is 0.200. The third kappa shape index (κ3) is 6.49. The van der Waals surface area contributed by atoms with E-state index in [1.807, 2.05) is 37.3 Å². The number of benzene rings is 2. The molecule has 2 nitrogen and oxygen atoms in total. The summed E-state index contributed by atoms with van der Waals surface area (Å²) in [6.07, 6.45) is 6.54. The molecule has 0 unspecified atom stereocenters. The summed E-state index contributed by atoms with van der Waals surface area (Å²) < 4.78 is 0. The van der Waals surface area contributed by atoms with E-state index in [2.05, 4.69) is 82.0 Å². The maximum absolute atomic E-state index is 5.08. The summed E-state index contributed by atoms with van der Waals surface area (Å²) in [5.74, 6) is 0. The smallest absolute Gasteiger partial charge is 0.0747 e. The van der Waals surface area contributed by atoms with Gasteiger partial charge >= 0.3 is 0 Å². The van der Waals surface area contributed by atoms with Gasteiger partial charge in [0.1, 0.15) is 0 Å². The summed E-state index contributed by atoms with van der Waals surface area (Å²) >= 11 is 0. The lowest BCUT2D eigenvalue weighted by atomic mass is 9.93. The standard InChI is InChI=1S/C30H34N2/c1-8-10-16-28(23(5)6)30(31-7)27(9-2)29(26-14-12-11-13-15-26)32-21-24-17-19-25(20-18-24)22(3)4/h8,10-20H,1,3,7,9,21H2,2,4-6H3/b16-10-,30-27-,32-29?. The molecule has 164 valence electrons. The number of nitrogens with zero attached hydrogens (tertiary/aromatic N) is 2. The Hall–Kier alpha value is -3.52. The molecule has 32 heavy (non-hydrogen) atoms. The maximum Gasteiger partial charge on any atom is 0.0747 e. The lowest BCUT2D eigenvalue weighted by Gasteiger charge is -2.16. The van der Waals surface area contributed by atoms with Crippen LogP contribution < -0.4 is 0 Å². The molecule has 2 aromatic carbocycles. The van der Waals surface area contributed by atoms with Crippen molar-refractivity contribution >= 4 is 18.0 Å². The molecule has 0 atom stereocenters. The largest absolute Gasteiger partial charge is 0.280 e. The van der Waals surface area contributed by atoms with Crippen molar-refractivity contribution in [3.63, 3.8) is 0 Å². The Balaban J connectivity index is 2.65. The predicted octanol–water partition coefficient (Wildman–Crippen LogP) is 8.15.